The molecular formula is C18H20F4N4O5S. The first kappa shape index (κ1) is 20.1. The molecule has 2 unspecified atom stereocenters. The van der Waals surface area contributed by atoms with Crippen molar-refractivity contribution in [1.29, 1.82) is 0 Å². The third-order valence-electron chi connectivity index (χ3n) is 4.56. The molecule has 9 nitrogen and oxygen atoms in total. The zero-order chi connectivity index (χ0) is 26.2. The van der Waals surface area contributed by atoms with Crippen LogP contribution < -0.4 is 14.8 Å². The highest BCUT2D eigenvalue weighted by molar-refractivity contribution is 7.89. The van der Waals surface area contributed by atoms with Gasteiger partial charge in [0, 0.05) is 16.7 Å². The van der Waals surface area contributed by atoms with E-state index in [2.05, 4.69) is 15.3 Å². The number of nitrogens with zero attached hydrogens (tertiary/aromatic N) is 2. The average Bonchev–Trinajstić information content (AvgIpc) is 2.68. The van der Waals surface area contributed by atoms with Gasteiger partial charge in [-0.3, -0.25) is 0 Å². The molecule has 1 aromatic heterocycles. The predicted molar refractivity (Wildman–Crippen MR) is 103 cm³/mol. The van der Waals surface area contributed by atoms with Crippen molar-refractivity contribution in [2.75, 3.05) is 25.5 Å². The van der Waals surface area contributed by atoms with Crippen LogP contribution in [0.1, 0.15) is 23.0 Å². The van der Waals surface area contributed by atoms with Gasteiger partial charge in [0.1, 0.15) is 23.1 Å². The van der Waals surface area contributed by atoms with E-state index in [0.717, 1.165) is 12.1 Å². The summed E-state index contributed by atoms with van der Waals surface area (Å²) in [7, 11) is -4.58. The van der Waals surface area contributed by atoms with Crippen LogP contribution >= 0.6 is 0 Å². The zero-order valence-corrected chi connectivity index (χ0v) is 17.2. The molecule has 176 valence electrons. The zero-order valence-electron chi connectivity index (χ0n) is 19.4. The van der Waals surface area contributed by atoms with Crippen molar-refractivity contribution in [3.8, 4) is 5.88 Å². The van der Waals surface area contributed by atoms with E-state index in [1.54, 1.807) is 0 Å². The maximum absolute atomic E-state index is 14.5. The molecule has 3 N–H and O–H groups in total. The Bertz CT molecular complexity index is 1200. The van der Waals surface area contributed by atoms with Crippen LogP contribution in [0.25, 0.3) is 0 Å². The molecule has 0 aliphatic carbocycles. The fourth-order valence-electron chi connectivity index (χ4n) is 2.85. The van der Waals surface area contributed by atoms with E-state index in [0.29, 0.717) is 12.3 Å². The third-order valence-corrected chi connectivity index (χ3v) is 5.70. The molecule has 1 fully saturated rings. The lowest BCUT2D eigenvalue weighted by molar-refractivity contribution is -0.152. The first-order valence-corrected chi connectivity index (χ1v) is 10.5. The Kier molecular flexibility index (Phi) is 5.50. The summed E-state index contributed by atoms with van der Waals surface area (Å²) < 4.78 is 112. The van der Waals surface area contributed by atoms with Gasteiger partial charge < -0.3 is 19.9 Å². The summed E-state index contributed by atoms with van der Waals surface area (Å²) in [4.78, 5) is 6.48. The number of hydrogen-bond acceptors (Lipinski definition) is 8. The fourth-order valence-corrected chi connectivity index (χ4v) is 3.47. The van der Waals surface area contributed by atoms with Crippen molar-refractivity contribution in [2.24, 2.45) is 0 Å². The first-order chi connectivity index (χ1) is 16.0. The van der Waals surface area contributed by atoms with Crippen LogP contribution in [0.2, 0.25) is 0 Å². The Balaban J connectivity index is 1.90. The quantitative estimate of drug-likeness (QED) is 0.535. The van der Waals surface area contributed by atoms with Gasteiger partial charge in [-0.1, -0.05) is 0 Å². The van der Waals surface area contributed by atoms with Crippen LogP contribution in [0.5, 0.6) is 5.88 Å². The Morgan fingerprint density at radius 3 is 2.78 bits per heavy atom. The van der Waals surface area contributed by atoms with Crippen molar-refractivity contribution in [1.82, 2.24) is 14.7 Å². The van der Waals surface area contributed by atoms with E-state index >= 15 is 0 Å². The normalized spacial score (nSPS) is 23.7. The molecule has 1 aliphatic rings. The van der Waals surface area contributed by atoms with E-state index < -0.39 is 68.7 Å². The number of halogens is 4. The second kappa shape index (κ2) is 8.77. The number of sulfonamides is 1. The van der Waals surface area contributed by atoms with Crippen LogP contribution in [0.3, 0.4) is 0 Å². The second-order valence-electron chi connectivity index (χ2n) is 7.09. The van der Waals surface area contributed by atoms with Crippen molar-refractivity contribution in [3.63, 3.8) is 0 Å². The van der Waals surface area contributed by atoms with Crippen LogP contribution in [-0.4, -0.2) is 55.4 Å². The minimum Gasteiger partial charge on any atom is -0.471 e. The average molecular weight is 483 g/mol. The Hall–Kier alpha value is -2.55. The highest BCUT2D eigenvalue weighted by atomic mass is 32.2. The van der Waals surface area contributed by atoms with E-state index in [4.69, 9.17) is 13.6 Å². The van der Waals surface area contributed by atoms with Gasteiger partial charge in [0.15, 0.2) is 0 Å². The van der Waals surface area contributed by atoms with Gasteiger partial charge in [0.2, 0.25) is 21.9 Å². The highest BCUT2D eigenvalue weighted by Crippen LogP contribution is 2.37. The molecule has 0 spiro atoms. The van der Waals surface area contributed by atoms with E-state index in [-0.39, 0.29) is 19.6 Å². The minimum absolute atomic E-state index is 0.0753. The van der Waals surface area contributed by atoms with Gasteiger partial charge in [-0.15, -0.1) is 0 Å². The minimum atomic E-state index is -4.90. The fraction of sp³-hybridized carbons (Fsp3) is 0.444. The summed E-state index contributed by atoms with van der Waals surface area (Å²) in [6.45, 7) is -1.76. The molecule has 1 saturated heterocycles. The number of alkyl halides is 3. The molecule has 2 aromatic rings. The van der Waals surface area contributed by atoms with Gasteiger partial charge in [0.25, 0.3) is 0 Å². The lowest BCUT2D eigenvalue weighted by Crippen LogP contribution is -2.51. The summed E-state index contributed by atoms with van der Waals surface area (Å²) in [5.41, 5.74) is -3.35. The lowest BCUT2D eigenvalue weighted by atomic mass is 9.95. The number of anilines is 2. The topological polar surface area (TPSA) is 123 Å². The third kappa shape index (κ3) is 5.26. The molecule has 2 atom stereocenters. The monoisotopic (exact) mass is 483 g/mol. The number of rotatable bonds is 6. The maximum atomic E-state index is 14.5. The molecule has 0 bridgehead atoms. The van der Waals surface area contributed by atoms with Gasteiger partial charge >= 0.3 is 6.18 Å². The molecule has 0 saturated carbocycles. The maximum Gasteiger partial charge on any atom is 0.423 e. The Labute approximate surface area is 185 Å². The molecular weight excluding hydrogens is 460 g/mol. The van der Waals surface area contributed by atoms with E-state index in [9.17, 15) is 31.1 Å². The number of ether oxygens (including phenoxy) is 2. The van der Waals surface area contributed by atoms with Crippen molar-refractivity contribution in [3.05, 3.63) is 35.8 Å². The first-order valence-electron chi connectivity index (χ1n) is 10.5. The standard InChI is InChI=1S/C18H20F4N4O5S/c1-17(27)9-30-6-5-14(17)31-15-11(18(20,21)22)8-24-16(26-15)25-13-4-3-10(7-12(13)19)32(28,29)23-2/h3-4,7-8,14,23,27H,5-6,9H2,1-2H3,(H,24,25,26)/i2D3. The van der Waals surface area contributed by atoms with Crippen LogP contribution in [0.4, 0.5) is 29.2 Å². The lowest BCUT2D eigenvalue weighted by Gasteiger charge is -2.36. The molecule has 1 aromatic carbocycles. The largest absolute Gasteiger partial charge is 0.471 e. The van der Waals surface area contributed by atoms with Gasteiger partial charge in [-0.2, -0.15) is 18.2 Å². The van der Waals surface area contributed by atoms with Crippen molar-refractivity contribution < 1.29 is 44.7 Å². The van der Waals surface area contributed by atoms with Crippen LogP contribution in [-0.2, 0) is 20.9 Å². The van der Waals surface area contributed by atoms with Gasteiger partial charge in [0.05, 0.1) is 23.8 Å². The smallest absolute Gasteiger partial charge is 0.423 e. The molecule has 1 aliphatic heterocycles. The second-order valence-corrected chi connectivity index (χ2v) is 8.77. The van der Waals surface area contributed by atoms with E-state index in [1.807, 2.05) is 0 Å². The molecule has 2 heterocycles. The molecule has 32 heavy (non-hydrogen) atoms. The summed E-state index contributed by atoms with van der Waals surface area (Å²) in [6, 6.07) is 2.30. The van der Waals surface area contributed by atoms with Gasteiger partial charge in [-0.05, 0) is 32.1 Å². The number of nitrogens with one attached hydrogen (secondary N) is 2. The van der Waals surface area contributed by atoms with Gasteiger partial charge in [-0.25, -0.2) is 22.5 Å². The van der Waals surface area contributed by atoms with E-state index in [1.165, 1.54) is 11.6 Å². The molecule has 14 heteroatoms. The molecule has 0 radical (unpaired) electrons. The highest BCUT2D eigenvalue weighted by Gasteiger charge is 2.41. The van der Waals surface area contributed by atoms with Crippen LogP contribution in [0, 0.1) is 5.82 Å². The summed E-state index contributed by atoms with van der Waals surface area (Å²) in [6.07, 6.45) is -5.50. The van der Waals surface area contributed by atoms with Crippen molar-refractivity contribution in [2.45, 2.75) is 36.1 Å². The number of benzene rings is 1. The summed E-state index contributed by atoms with van der Waals surface area (Å²) >= 11 is 0. The summed E-state index contributed by atoms with van der Waals surface area (Å²) in [5.74, 6) is -2.62. The Morgan fingerprint density at radius 1 is 1.41 bits per heavy atom. The Morgan fingerprint density at radius 2 is 2.16 bits per heavy atom. The summed E-state index contributed by atoms with van der Waals surface area (Å²) in [5, 5.41) is 12.7. The molecule has 3 rings (SSSR count). The number of hydrogen-bond donors (Lipinski definition) is 3. The number of aliphatic hydroxyl groups is 1. The van der Waals surface area contributed by atoms with Crippen molar-refractivity contribution >= 4 is 21.7 Å². The number of aromatic nitrogens is 2. The SMILES string of the molecule is [2H]C([2H])([2H])NS(=O)(=O)c1ccc(Nc2ncc(C(F)(F)F)c(OC3CCOCC3(C)O)n2)c(F)c1. The molecule has 0 amide bonds. The van der Waals surface area contributed by atoms with Crippen LogP contribution in [0.15, 0.2) is 29.3 Å². The predicted octanol–water partition coefficient (Wildman–Crippen LogP) is 2.20.